The molecule has 150 valence electrons. The van der Waals surface area contributed by atoms with Gasteiger partial charge in [0.15, 0.2) is 0 Å². The first-order valence-corrected chi connectivity index (χ1v) is 11.0. The van der Waals surface area contributed by atoms with Gasteiger partial charge in [0.2, 0.25) is 0 Å². The van der Waals surface area contributed by atoms with Gasteiger partial charge in [-0.15, -0.1) is 0 Å². The van der Waals surface area contributed by atoms with E-state index in [-0.39, 0.29) is 0 Å². The van der Waals surface area contributed by atoms with Crippen LogP contribution in [0.2, 0.25) is 0 Å². The van der Waals surface area contributed by atoms with Crippen LogP contribution in [0.1, 0.15) is 0 Å². The van der Waals surface area contributed by atoms with Gasteiger partial charge >= 0.3 is 0 Å². The van der Waals surface area contributed by atoms with Crippen LogP contribution >= 0.6 is 0 Å². The Morgan fingerprint density at radius 2 is 0.688 bits per heavy atom. The molecule has 0 aliphatic carbocycles. The van der Waals surface area contributed by atoms with Crippen molar-refractivity contribution in [2.45, 2.75) is 0 Å². The molecule has 0 unspecified atom stereocenters. The van der Waals surface area contributed by atoms with Crippen LogP contribution in [-0.2, 0) is 0 Å². The Morgan fingerprint density at radius 3 is 1.19 bits per heavy atom. The summed E-state index contributed by atoms with van der Waals surface area (Å²) in [6.45, 7) is 0. The lowest BCUT2D eigenvalue weighted by atomic mass is 9.92. The van der Waals surface area contributed by atoms with Crippen LogP contribution in [-0.4, -0.2) is 9.97 Å². The third-order valence-corrected chi connectivity index (χ3v) is 6.59. The number of aromatic nitrogens is 2. The number of hydrogen-bond acceptors (Lipinski definition) is 0. The molecule has 2 heteroatoms. The first-order chi connectivity index (χ1) is 15.9. The number of hydrogen-bond donors (Lipinski definition) is 2. The maximum Gasteiger partial charge on any atom is 0.0544 e. The van der Waals surface area contributed by atoms with Crippen molar-refractivity contribution in [2.75, 3.05) is 0 Å². The van der Waals surface area contributed by atoms with Crippen LogP contribution in [0.4, 0.5) is 0 Å². The molecule has 2 heterocycles. The van der Waals surface area contributed by atoms with E-state index in [4.69, 9.17) is 0 Å². The molecule has 0 atom stereocenters. The largest absolute Gasteiger partial charge is 0.354 e. The van der Waals surface area contributed by atoms with Gasteiger partial charge in [0.1, 0.15) is 0 Å². The van der Waals surface area contributed by atoms with Crippen molar-refractivity contribution in [1.29, 1.82) is 0 Å². The van der Waals surface area contributed by atoms with Gasteiger partial charge in [-0.2, -0.15) is 0 Å². The zero-order valence-corrected chi connectivity index (χ0v) is 17.4. The molecule has 0 saturated heterocycles. The molecule has 0 spiro atoms. The van der Waals surface area contributed by atoms with Crippen molar-refractivity contribution in [3.8, 4) is 22.3 Å². The predicted octanol–water partition coefficient (Wildman–Crippen LogP) is 8.29. The van der Waals surface area contributed by atoms with Gasteiger partial charge in [0, 0.05) is 43.7 Å². The fourth-order valence-electron chi connectivity index (χ4n) is 5.15. The summed E-state index contributed by atoms with van der Waals surface area (Å²) in [5, 5.41) is 5.05. The highest BCUT2D eigenvalue weighted by Gasteiger charge is 2.16. The van der Waals surface area contributed by atoms with Gasteiger partial charge in [0.25, 0.3) is 0 Å². The maximum atomic E-state index is 3.67. The monoisotopic (exact) mass is 408 g/mol. The summed E-state index contributed by atoms with van der Waals surface area (Å²) in [6.07, 6.45) is 0. The fourth-order valence-corrected chi connectivity index (χ4v) is 5.15. The van der Waals surface area contributed by atoms with E-state index in [0.29, 0.717) is 0 Å². The molecule has 0 saturated carbocycles. The summed E-state index contributed by atoms with van der Waals surface area (Å²) in [6, 6.07) is 39.0. The van der Waals surface area contributed by atoms with Crippen molar-refractivity contribution in [3.63, 3.8) is 0 Å². The summed E-state index contributed by atoms with van der Waals surface area (Å²) in [5.41, 5.74) is 9.63. The van der Waals surface area contributed by atoms with E-state index in [2.05, 4.69) is 119 Å². The molecule has 7 aromatic rings. The minimum absolute atomic E-state index is 1.17. The highest BCUT2D eigenvalue weighted by Crippen LogP contribution is 2.41. The third kappa shape index (κ3) is 2.41. The van der Waals surface area contributed by atoms with Gasteiger partial charge < -0.3 is 9.97 Å². The van der Waals surface area contributed by atoms with E-state index in [1.165, 1.54) is 65.9 Å². The van der Waals surface area contributed by atoms with E-state index in [1.54, 1.807) is 0 Å². The molecule has 32 heavy (non-hydrogen) atoms. The summed E-state index contributed by atoms with van der Waals surface area (Å²) >= 11 is 0. The van der Waals surface area contributed by atoms with Crippen molar-refractivity contribution < 1.29 is 0 Å². The Hall–Kier alpha value is -4.30. The molecule has 2 N–H and O–H groups in total. The molecule has 0 amide bonds. The van der Waals surface area contributed by atoms with Crippen LogP contribution in [0.3, 0.4) is 0 Å². The van der Waals surface area contributed by atoms with Crippen LogP contribution in [0.25, 0.3) is 65.9 Å². The Labute approximate surface area is 185 Å². The molecule has 0 aliphatic rings. The van der Waals surface area contributed by atoms with E-state index in [1.807, 2.05) is 0 Å². The molecule has 7 rings (SSSR count). The Morgan fingerprint density at radius 1 is 0.312 bits per heavy atom. The topological polar surface area (TPSA) is 31.6 Å². The summed E-state index contributed by atoms with van der Waals surface area (Å²) in [7, 11) is 0. The first-order valence-electron chi connectivity index (χ1n) is 11.0. The minimum Gasteiger partial charge on any atom is -0.354 e. The van der Waals surface area contributed by atoms with E-state index in [9.17, 15) is 0 Å². The zero-order chi connectivity index (χ0) is 21.1. The standard InChI is InChI=1S/C30H20N2/c1-2-10-20(24-14-8-16-26-22-12-4-6-18-28(22)32-30(24)26)19(9-1)23-13-7-15-25-21-11-3-5-17-27(21)31-29(23)25/h1-18,31-32H. The van der Waals surface area contributed by atoms with Crippen molar-refractivity contribution in [1.82, 2.24) is 9.97 Å². The second-order valence-corrected chi connectivity index (χ2v) is 8.34. The lowest BCUT2D eigenvalue weighted by molar-refractivity contribution is 1.52. The summed E-state index contributed by atoms with van der Waals surface area (Å²) in [5.74, 6) is 0. The number of benzene rings is 5. The average Bonchev–Trinajstić information content (AvgIpc) is 3.42. The van der Waals surface area contributed by atoms with Crippen molar-refractivity contribution in [3.05, 3.63) is 109 Å². The van der Waals surface area contributed by atoms with Crippen LogP contribution in [0, 0.1) is 0 Å². The SMILES string of the molecule is c1ccc(-c2cccc3c2[nH]c2ccccc23)c(-c2cccc3c2[nH]c2ccccc23)c1. The molecular weight excluding hydrogens is 388 g/mol. The quantitative estimate of drug-likeness (QED) is 0.288. The lowest BCUT2D eigenvalue weighted by Crippen LogP contribution is -1.87. The van der Waals surface area contributed by atoms with Gasteiger partial charge in [-0.05, 0) is 23.3 Å². The van der Waals surface area contributed by atoms with E-state index >= 15 is 0 Å². The van der Waals surface area contributed by atoms with Crippen LogP contribution < -0.4 is 0 Å². The Bertz CT molecular complexity index is 1650. The molecule has 2 aromatic heterocycles. The molecule has 5 aromatic carbocycles. The number of nitrogens with one attached hydrogen (secondary N) is 2. The fraction of sp³-hybridized carbons (Fsp3) is 0. The smallest absolute Gasteiger partial charge is 0.0544 e. The second kappa shape index (κ2) is 6.60. The predicted molar refractivity (Wildman–Crippen MR) is 136 cm³/mol. The zero-order valence-electron chi connectivity index (χ0n) is 17.4. The van der Waals surface area contributed by atoms with Gasteiger partial charge in [-0.1, -0.05) is 97.1 Å². The number of rotatable bonds is 2. The minimum atomic E-state index is 1.17. The normalized spacial score (nSPS) is 11.8. The van der Waals surface area contributed by atoms with Crippen molar-refractivity contribution in [2.24, 2.45) is 0 Å². The molecular formula is C30H20N2. The summed E-state index contributed by atoms with van der Waals surface area (Å²) < 4.78 is 0. The van der Waals surface area contributed by atoms with E-state index < -0.39 is 0 Å². The highest BCUT2D eigenvalue weighted by molar-refractivity contribution is 6.15. The molecule has 2 nitrogen and oxygen atoms in total. The molecule has 0 fully saturated rings. The van der Waals surface area contributed by atoms with E-state index in [0.717, 1.165) is 0 Å². The lowest BCUT2D eigenvalue weighted by Gasteiger charge is -2.12. The molecule has 0 radical (unpaired) electrons. The van der Waals surface area contributed by atoms with Crippen molar-refractivity contribution >= 4 is 43.6 Å². The van der Waals surface area contributed by atoms with Crippen LogP contribution in [0.5, 0.6) is 0 Å². The van der Waals surface area contributed by atoms with Gasteiger partial charge in [0.05, 0.1) is 11.0 Å². The first kappa shape index (κ1) is 17.4. The summed E-state index contributed by atoms with van der Waals surface area (Å²) in [4.78, 5) is 7.35. The number of aromatic amines is 2. The van der Waals surface area contributed by atoms with Gasteiger partial charge in [-0.25, -0.2) is 0 Å². The highest BCUT2D eigenvalue weighted by atomic mass is 14.7. The number of fused-ring (bicyclic) bond motifs is 6. The molecule has 0 bridgehead atoms. The Balaban J connectivity index is 1.55. The average molecular weight is 409 g/mol. The number of H-pyrrole nitrogens is 2. The third-order valence-electron chi connectivity index (χ3n) is 6.59. The van der Waals surface area contributed by atoms with Crippen LogP contribution in [0.15, 0.2) is 109 Å². The Kier molecular flexibility index (Phi) is 3.58. The maximum absolute atomic E-state index is 3.67. The van der Waals surface area contributed by atoms with Gasteiger partial charge in [-0.3, -0.25) is 0 Å². The molecule has 0 aliphatic heterocycles. The second-order valence-electron chi connectivity index (χ2n) is 8.34. The number of para-hydroxylation sites is 4.